The zero-order valence-electron chi connectivity index (χ0n) is 5.88. The maximum absolute atomic E-state index is 10.1. The van der Waals surface area contributed by atoms with E-state index in [1.165, 1.54) is 0 Å². The van der Waals surface area contributed by atoms with Gasteiger partial charge in [-0.3, -0.25) is 0 Å². The molecule has 3 heteroatoms. The smallest absolute Gasteiger partial charge is 0.225 e. The third-order valence-electron chi connectivity index (χ3n) is 1.31. The highest BCUT2D eigenvalue weighted by Crippen LogP contribution is 2.01. The van der Waals surface area contributed by atoms with Gasteiger partial charge in [0.1, 0.15) is 0 Å². The summed E-state index contributed by atoms with van der Waals surface area (Å²) in [6, 6.07) is 9.88. The van der Waals surface area contributed by atoms with E-state index in [4.69, 9.17) is 0 Å². The van der Waals surface area contributed by atoms with E-state index in [9.17, 15) is 5.21 Å². The summed E-state index contributed by atoms with van der Waals surface area (Å²) < 4.78 is 0.716. The van der Waals surface area contributed by atoms with E-state index in [0.717, 1.165) is 5.56 Å². The summed E-state index contributed by atoms with van der Waals surface area (Å²) in [7, 11) is 0. The van der Waals surface area contributed by atoms with Crippen LogP contribution in [0.2, 0.25) is 0 Å². The second-order valence-electron chi connectivity index (χ2n) is 2.17. The molecule has 1 aromatic carbocycles. The van der Waals surface area contributed by atoms with Crippen LogP contribution in [0.25, 0.3) is 0 Å². The maximum Gasteiger partial charge on any atom is 0.225 e. The van der Waals surface area contributed by atoms with Gasteiger partial charge in [-0.25, -0.2) is 5.16 Å². The molecular weight excluding hydrogens is 253 g/mol. The van der Waals surface area contributed by atoms with E-state index in [1.807, 2.05) is 58.1 Å². The molecule has 0 aliphatic carbocycles. The zero-order chi connectivity index (χ0) is 8.10. The van der Waals surface area contributed by atoms with Crippen molar-refractivity contribution in [2.24, 2.45) is 0 Å². The van der Waals surface area contributed by atoms with Crippen molar-refractivity contribution in [3.05, 3.63) is 41.1 Å². The normalized spacial score (nSPS) is 11.5. The fourth-order valence-corrected chi connectivity index (χ4v) is 1.25. The van der Waals surface area contributed by atoms with Crippen LogP contribution in [0, 0.1) is 5.21 Å². The first-order valence-electron chi connectivity index (χ1n) is 3.26. The lowest BCUT2D eigenvalue weighted by Gasteiger charge is -1.94. The van der Waals surface area contributed by atoms with Crippen molar-refractivity contribution in [3.8, 4) is 0 Å². The Labute approximate surface area is 79.1 Å². The van der Waals surface area contributed by atoms with Crippen molar-refractivity contribution in [3.63, 3.8) is 0 Å². The van der Waals surface area contributed by atoms with Crippen molar-refractivity contribution in [2.75, 3.05) is 0 Å². The Morgan fingerprint density at radius 2 is 2.00 bits per heavy atom. The molecule has 0 aromatic heterocycles. The fourth-order valence-electron chi connectivity index (χ4n) is 0.811. The van der Waals surface area contributed by atoms with Gasteiger partial charge in [-0.05, 0) is 5.56 Å². The van der Waals surface area contributed by atoms with Crippen LogP contribution < -0.4 is 5.16 Å². The van der Waals surface area contributed by atoms with Gasteiger partial charge in [0, 0.05) is 22.6 Å². The van der Waals surface area contributed by atoms with Gasteiger partial charge in [0.2, 0.25) is 3.72 Å². The number of hydrogen-bond donors (Lipinski definition) is 1. The fraction of sp³-hybridized carbons (Fsp3) is 0.125. The van der Waals surface area contributed by atoms with E-state index >= 15 is 0 Å². The molecule has 0 spiro atoms. The monoisotopic (exact) mass is 261 g/mol. The first kappa shape index (κ1) is 8.52. The van der Waals surface area contributed by atoms with Crippen LogP contribution in [0.4, 0.5) is 0 Å². The first-order valence-corrected chi connectivity index (χ1v) is 4.34. The van der Waals surface area contributed by atoms with Crippen molar-refractivity contribution >= 4 is 26.3 Å². The van der Waals surface area contributed by atoms with E-state index in [-0.39, 0.29) is 0 Å². The maximum atomic E-state index is 10.1. The summed E-state index contributed by atoms with van der Waals surface area (Å²) >= 11 is 2.00. The summed E-state index contributed by atoms with van der Waals surface area (Å²) in [5, 5.41) is 12.0. The van der Waals surface area contributed by atoms with Gasteiger partial charge in [0.15, 0.2) is 0 Å². The Bertz CT molecular complexity index is 246. The Kier molecular flexibility index (Phi) is 3.35. The lowest BCUT2D eigenvalue weighted by Crippen LogP contribution is -2.64. The molecule has 0 saturated carbocycles. The number of rotatable bonds is 2. The second-order valence-corrected chi connectivity index (χ2v) is 3.47. The van der Waals surface area contributed by atoms with Crippen molar-refractivity contribution in [1.82, 2.24) is 0 Å². The van der Waals surface area contributed by atoms with Crippen molar-refractivity contribution in [2.45, 2.75) is 6.42 Å². The largest absolute Gasteiger partial charge is 0.625 e. The van der Waals surface area contributed by atoms with E-state index in [1.54, 1.807) is 0 Å². The highest BCUT2D eigenvalue weighted by atomic mass is 127. The Hall–Kier alpha value is -0.580. The van der Waals surface area contributed by atoms with Crippen LogP contribution in [0.1, 0.15) is 5.56 Å². The number of nitrogens with one attached hydrogen (secondary N) is 1. The quantitative estimate of drug-likeness (QED) is 0.361. The molecule has 0 aliphatic rings. The third kappa shape index (κ3) is 2.88. The summed E-state index contributed by atoms with van der Waals surface area (Å²) in [5.41, 5.74) is 1.15. The minimum absolute atomic E-state index is 0.699. The van der Waals surface area contributed by atoms with Crippen LogP contribution in [0.5, 0.6) is 0 Å². The molecule has 0 atom stereocenters. The molecule has 0 fully saturated rings. The molecule has 0 radical (unpaired) electrons. The predicted molar refractivity (Wildman–Crippen MR) is 53.5 cm³/mol. The first-order chi connectivity index (χ1) is 5.33. The minimum Gasteiger partial charge on any atom is -0.625 e. The molecule has 1 aromatic rings. The molecule has 58 valence electrons. The van der Waals surface area contributed by atoms with Gasteiger partial charge < -0.3 is 5.21 Å². The molecule has 0 saturated heterocycles. The van der Waals surface area contributed by atoms with Crippen LogP contribution in [0.15, 0.2) is 30.3 Å². The molecule has 0 bridgehead atoms. The van der Waals surface area contributed by atoms with Gasteiger partial charge in [-0.15, -0.1) is 0 Å². The average molecular weight is 261 g/mol. The standard InChI is InChI=1S/C8H8INO/c9-8(10-11)6-7-4-2-1-3-5-7/h1-5,10H,6H2. The van der Waals surface area contributed by atoms with Gasteiger partial charge in [0.05, 0.1) is 6.42 Å². The Morgan fingerprint density at radius 1 is 1.36 bits per heavy atom. The number of halogens is 1. The summed E-state index contributed by atoms with van der Waals surface area (Å²) in [6.07, 6.45) is 0.699. The van der Waals surface area contributed by atoms with Gasteiger partial charge in [-0.2, -0.15) is 0 Å². The third-order valence-corrected chi connectivity index (χ3v) is 1.91. The Morgan fingerprint density at radius 3 is 2.55 bits per heavy atom. The molecule has 0 aliphatic heterocycles. The van der Waals surface area contributed by atoms with Gasteiger partial charge in [0.25, 0.3) is 0 Å². The van der Waals surface area contributed by atoms with Crippen LogP contribution in [0.3, 0.4) is 0 Å². The summed E-state index contributed by atoms with van der Waals surface area (Å²) in [6.45, 7) is 0. The topological polar surface area (TPSA) is 37.0 Å². The van der Waals surface area contributed by atoms with E-state index in [0.29, 0.717) is 10.1 Å². The van der Waals surface area contributed by atoms with Crippen LogP contribution in [-0.4, -0.2) is 3.72 Å². The highest BCUT2D eigenvalue weighted by Gasteiger charge is 1.98. The molecular formula is C8H8INO. The number of hydrogen-bond acceptors (Lipinski definition) is 1. The molecule has 0 heterocycles. The Balaban J connectivity index is 2.65. The van der Waals surface area contributed by atoms with E-state index in [2.05, 4.69) is 0 Å². The zero-order valence-corrected chi connectivity index (χ0v) is 8.04. The van der Waals surface area contributed by atoms with Gasteiger partial charge >= 0.3 is 0 Å². The lowest BCUT2D eigenvalue weighted by atomic mass is 10.2. The minimum atomic E-state index is 0.699. The number of benzene rings is 1. The second kappa shape index (κ2) is 4.33. The van der Waals surface area contributed by atoms with Crippen LogP contribution in [-0.2, 0) is 6.42 Å². The summed E-state index contributed by atoms with van der Waals surface area (Å²) in [4.78, 5) is 0. The molecule has 1 rings (SSSR count). The average Bonchev–Trinajstić information content (AvgIpc) is 2.06. The SMILES string of the molecule is [O-][NH+]=C(I)Cc1ccccc1. The van der Waals surface area contributed by atoms with Crippen LogP contribution >= 0.6 is 22.6 Å². The van der Waals surface area contributed by atoms with E-state index < -0.39 is 0 Å². The van der Waals surface area contributed by atoms with Gasteiger partial charge in [-0.1, -0.05) is 30.3 Å². The molecule has 1 N–H and O–H groups in total. The lowest BCUT2D eigenvalue weighted by molar-refractivity contribution is -0.369. The highest BCUT2D eigenvalue weighted by molar-refractivity contribution is 14.1. The molecule has 0 amide bonds. The predicted octanol–water partition coefficient (Wildman–Crippen LogP) is 0.641. The molecule has 0 unspecified atom stereocenters. The molecule has 2 nitrogen and oxygen atoms in total. The molecule has 11 heavy (non-hydrogen) atoms. The van der Waals surface area contributed by atoms with Crippen molar-refractivity contribution in [1.29, 1.82) is 0 Å². The van der Waals surface area contributed by atoms with Crippen molar-refractivity contribution < 1.29 is 5.16 Å². The summed E-state index contributed by atoms with van der Waals surface area (Å²) in [5.74, 6) is 0.